The third-order valence-corrected chi connectivity index (χ3v) is 4.68. The lowest BCUT2D eigenvalue weighted by Gasteiger charge is -2.03. The first-order valence-corrected chi connectivity index (χ1v) is 7.49. The number of fused-ring (bicyclic) bond motifs is 2. The predicted molar refractivity (Wildman–Crippen MR) is 76.1 cm³/mol. The maximum atomic E-state index is 3.41. The zero-order valence-corrected chi connectivity index (χ0v) is 11.2. The van der Waals surface area contributed by atoms with Gasteiger partial charge in [0.25, 0.3) is 0 Å². The minimum Gasteiger partial charge on any atom is -0.317 e. The lowest BCUT2D eigenvalue weighted by molar-refractivity contribution is 0.719. The number of thiophene rings is 1. The highest BCUT2D eigenvalue weighted by molar-refractivity contribution is 7.17. The van der Waals surface area contributed by atoms with Gasteiger partial charge in [-0.15, -0.1) is 11.3 Å². The summed E-state index contributed by atoms with van der Waals surface area (Å²) < 4.78 is 1.48. The zero-order chi connectivity index (χ0) is 11.7. The van der Waals surface area contributed by atoms with Crippen LogP contribution in [0.4, 0.5) is 0 Å². The molecule has 0 atom stereocenters. The Morgan fingerprint density at radius 2 is 2.06 bits per heavy atom. The van der Waals surface area contributed by atoms with E-state index in [1.807, 2.05) is 11.3 Å². The van der Waals surface area contributed by atoms with Gasteiger partial charge in [-0.25, -0.2) is 0 Å². The molecule has 1 aliphatic carbocycles. The molecule has 0 amide bonds. The molecule has 0 spiro atoms. The standard InChI is InChI=1S/C15H19NS/c1-2-16-7-6-13-10-17-15-9-12-5-3-4-11(12)8-14(13)15/h8-10,16H,2-7H2,1H3. The van der Waals surface area contributed by atoms with Gasteiger partial charge in [0.05, 0.1) is 0 Å². The SMILES string of the molecule is CCNCCc1csc2cc3c(cc12)CCC3. The summed E-state index contributed by atoms with van der Waals surface area (Å²) in [4.78, 5) is 0. The van der Waals surface area contributed by atoms with Gasteiger partial charge in [-0.05, 0) is 78.4 Å². The predicted octanol–water partition coefficient (Wildman–Crippen LogP) is 3.54. The van der Waals surface area contributed by atoms with Crippen molar-refractivity contribution in [2.75, 3.05) is 13.1 Å². The summed E-state index contributed by atoms with van der Waals surface area (Å²) in [5.74, 6) is 0. The van der Waals surface area contributed by atoms with Crippen molar-refractivity contribution >= 4 is 21.4 Å². The first kappa shape index (κ1) is 11.2. The fraction of sp³-hybridized carbons (Fsp3) is 0.467. The van der Waals surface area contributed by atoms with Gasteiger partial charge in [0.2, 0.25) is 0 Å². The molecule has 1 aromatic heterocycles. The fourth-order valence-corrected chi connectivity index (χ4v) is 3.78. The van der Waals surface area contributed by atoms with Gasteiger partial charge in [0.1, 0.15) is 0 Å². The largest absolute Gasteiger partial charge is 0.317 e. The zero-order valence-electron chi connectivity index (χ0n) is 10.4. The van der Waals surface area contributed by atoms with E-state index in [0.717, 1.165) is 19.5 Å². The second-order valence-electron chi connectivity index (χ2n) is 4.84. The summed E-state index contributed by atoms with van der Waals surface area (Å²) in [6.07, 6.45) is 5.08. The maximum Gasteiger partial charge on any atom is 0.0348 e. The average molecular weight is 245 g/mol. The van der Waals surface area contributed by atoms with Crippen LogP contribution >= 0.6 is 11.3 Å². The molecule has 0 aliphatic heterocycles. The first-order chi connectivity index (χ1) is 8.38. The molecule has 2 aromatic rings. The van der Waals surface area contributed by atoms with Crippen molar-refractivity contribution in [3.05, 3.63) is 34.2 Å². The van der Waals surface area contributed by atoms with Gasteiger partial charge >= 0.3 is 0 Å². The maximum absolute atomic E-state index is 3.41. The van der Waals surface area contributed by atoms with Crippen molar-refractivity contribution < 1.29 is 0 Å². The molecule has 2 heteroatoms. The van der Waals surface area contributed by atoms with Crippen molar-refractivity contribution in [2.24, 2.45) is 0 Å². The van der Waals surface area contributed by atoms with Crippen LogP contribution in [0.5, 0.6) is 0 Å². The van der Waals surface area contributed by atoms with E-state index in [2.05, 4.69) is 29.8 Å². The van der Waals surface area contributed by atoms with Crippen LogP contribution in [0, 0.1) is 0 Å². The highest BCUT2D eigenvalue weighted by Crippen LogP contribution is 2.33. The van der Waals surface area contributed by atoms with Crippen molar-refractivity contribution in [1.82, 2.24) is 5.32 Å². The molecular formula is C15H19NS. The van der Waals surface area contributed by atoms with Crippen LogP contribution in [-0.4, -0.2) is 13.1 Å². The van der Waals surface area contributed by atoms with Crippen LogP contribution < -0.4 is 5.32 Å². The Kier molecular flexibility index (Phi) is 3.17. The van der Waals surface area contributed by atoms with E-state index in [1.165, 1.54) is 34.9 Å². The van der Waals surface area contributed by atoms with Gasteiger partial charge in [-0.3, -0.25) is 0 Å². The summed E-state index contributed by atoms with van der Waals surface area (Å²) in [5, 5.41) is 7.26. The van der Waals surface area contributed by atoms with Gasteiger partial charge < -0.3 is 5.32 Å². The quantitative estimate of drug-likeness (QED) is 0.812. The summed E-state index contributed by atoms with van der Waals surface area (Å²) >= 11 is 1.91. The topological polar surface area (TPSA) is 12.0 Å². The van der Waals surface area contributed by atoms with Crippen molar-refractivity contribution in [2.45, 2.75) is 32.6 Å². The van der Waals surface area contributed by atoms with E-state index in [1.54, 1.807) is 11.1 Å². The molecule has 17 heavy (non-hydrogen) atoms. The number of hydrogen-bond acceptors (Lipinski definition) is 2. The Bertz CT molecular complexity index is 527. The Labute approximate surface area is 107 Å². The average Bonchev–Trinajstić information content (AvgIpc) is 2.93. The third kappa shape index (κ3) is 2.12. The molecule has 3 rings (SSSR count). The van der Waals surface area contributed by atoms with Crippen LogP contribution in [0.25, 0.3) is 10.1 Å². The van der Waals surface area contributed by atoms with E-state index in [0.29, 0.717) is 0 Å². The molecule has 0 bridgehead atoms. The van der Waals surface area contributed by atoms with Crippen LogP contribution in [0.15, 0.2) is 17.5 Å². The van der Waals surface area contributed by atoms with Crippen molar-refractivity contribution in [1.29, 1.82) is 0 Å². The van der Waals surface area contributed by atoms with Gasteiger partial charge in [-0.2, -0.15) is 0 Å². The molecule has 1 aliphatic rings. The summed E-state index contributed by atoms with van der Waals surface area (Å²) in [5.41, 5.74) is 4.72. The van der Waals surface area contributed by atoms with E-state index >= 15 is 0 Å². The van der Waals surface area contributed by atoms with Crippen LogP contribution in [0.1, 0.15) is 30.0 Å². The molecule has 1 nitrogen and oxygen atoms in total. The van der Waals surface area contributed by atoms with Crippen LogP contribution in [-0.2, 0) is 19.3 Å². The van der Waals surface area contributed by atoms with Crippen molar-refractivity contribution in [3.8, 4) is 0 Å². The Morgan fingerprint density at radius 3 is 2.88 bits per heavy atom. The molecule has 0 unspecified atom stereocenters. The second kappa shape index (κ2) is 4.79. The summed E-state index contributed by atoms with van der Waals surface area (Å²) in [7, 11) is 0. The van der Waals surface area contributed by atoms with Crippen LogP contribution in [0.2, 0.25) is 0 Å². The Morgan fingerprint density at radius 1 is 1.24 bits per heavy atom. The number of hydrogen-bond donors (Lipinski definition) is 1. The minimum absolute atomic E-state index is 1.07. The second-order valence-corrected chi connectivity index (χ2v) is 5.75. The molecule has 1 aromatic carbocycles. The number of aryl methyl sites for hydroxylation is 2. The molecule has 0 radical (unpaired) electrons. The number of nitrogens with one attached hydrogen (secondary N) is 1. The third-order valence-electron chi connectivity index (χ3n) is 3.69. The van der Waals surface area contributed by atoms with E-state index in [-0.39, 0.29) is 0 Å². The van der Waals surface area contributed by atoms with Crippen LogP contribution in [0.3, 0.4) is 0 Å². The van der Waals surface area contributed by atoms with Gasteiger partial charge in [0, 0.05) is 4.70 Å². The molecule has 1 N–H and O–H groups in total. The molecule has 0 fully saturated rings. The summed E-state index contributed by atoms with van der Waals surface area (Å²) in [6, 6.07) is 4.88. The Hall–Kier alpha value is -0.860. The van der Waals surface area contributed by atoms with E-state index in [4.69, 9.17) is 0 Å². The molecular weight excluding hydrogens is 226 g/mol. The number of benzene rings is 1. The molecule has 90 valence electrons. The molecule has 0 saturated carbocycles. The highest BCUT2D eigenvalue weighted by Gasteiger charge is 2.13. The molecule has 0 saturated heterocycles. The monoisotopic (exact) mass is 245 g/mol. The van der Waals surface area contributed by atoms with Gasteiger partial charge in [0.15, 0.2) is 0 Å². The van der Waals surface area contributed by atoms with Gasteiger partial charge in [-0.1, -0.05) is 6.92 Å². The van der Waals surface area contributed by atoms with E-state index < -0.39 is 0 Å². The molecule has 1 heterocycles. The normalized spacial score (nSPS) is 14.4. The van der Waals surface area contributed by atoms with E-state index in [9.17, 15) is 0 Å². The lowest BCUT2D eigenvalue weighted by atomic mass is 10.0. The first-order valence-electron chi connectivity index (χ1n) is 6.61. The number of likely N-dealkylation sites (N-methyl/N-ethyl adjacent to an activating group) is 1. The lowest BCUT2D eigenvalue weighted by Crippen LogP contribution is -2.15. The minimum atomic E-state index is 1.07. The Balaban J connectivity index is 1.92. The summed E-state index contributed by atoms with van der Waals surface area (Å²) in [6.45, 7) is 4.33. The fourth-order valence-electron chi connectivity index (χ4n) is 2.74. The van der Waals surface area contributed by atoms with Crippen molar-refractivity contribution in [3.63, 3.8) is 0 Å². The highest BCUT2D eigenvalue weighted by atomic mass is 32.1. The number of rotatable bonds is 4. The smallest absolute Gasteiger partial charge is 0.0348 e.